The summed E-state index contributed by atoms with van der Waals surface area (Å²) in [5.74, 6) is -0.223. The molecule has 1 saturated carbocycles. The van der Waals surface area contributed by atoms with Crippen molar-refractivity contribution in [1.29, 1.82) is 0 Å². The quantitative estimate of drug-likeness (QED) is 0.772. The Morgan fingerprint density at radius 3 is 2.16 bits per heavy atom. The van der Waals surface area contributed by atoms with Gasteiger partial charge >= 0.3 is 5.97 Å². The second kappa shape index (κ2) is 7.48. The van der Waals surface area contributed by atoms with Crippen LogP contribution in [0.3, 0.4) is 0 Å². The molecule has 1 N–H and O–H groups in total. The molecule has 0 aliphatic heterocycles. The summed E-state index contributed by atoms with van der Waals surface area (Å²) in [7, 11) is 1.42. The van der Waals surface area contributed by atoms with Crippen molar-refractivity contribution in [2.75, 3.05) is 7.11 Å². The minimum Gasteiger partial charge on any atom is -0.469 e. The van der Waals surface area contributed by atoms with Gasteiger partial charge in [0.2, 0.25) is 5.91 Å². The van der Waals surface area contributed by atoms with E-state index in [4.69, 9.17) is 9.47 Å². The topological polar surface area (TPSA) is 64.6 Å². The first-order chi connectivity index (χ1) is 8.93. The third-order valence-electron chi connectivity index (χ3n) is 3.41. The van der Waals surface area contributed by atoms with Crippen molar-refractivity contribution in [3.05, 3.63) is 0 Å². The van der Waals surface area contributed by atoms with E-state index in [1.54, 1.807) is 6.92 Å². The lowest BCUT2D eigenvalue weighted by atomic mass is 9.87. The fourth-order valence-electron chi connectivity index (χ4n) is 2.35. The van der Waals surface area contributed by atoms with Crippen molar-refractivity contribution in [3.63, 3.8) is 0 Å². The van der Waals surface area contributed by atoms with E-state index in [2.05, 4.69) is 5.32 Å². The number of rotatable bonds is 5. The predicted molar refractivity (Wildman–Crippen MR) is 71.6 cm³/mol. The molecule has 0 radical (unpaired) electrons. The molecule has 1 aliphatic rings. The Labute approximate surface area is 115 Å². The van der Waals surface area contributed by atoms with Crippen LogP contribution in [0.4, 0.5) is 0 Å². The average Bonchev–Trinajstić information content (AvgIpc) is 2.37. The summed E-state index contributed by atoms with van der Waals surface area (Å²) < 4.78 is 10.5. The number of methoxy groups -OCH3 is 1. The molecular weight excluding hydrogens is 246 g/mol. The van der Waals surface area contributed by atoms with Gasteiger partial charge in [-0.1, -0.05) is 0 Å². The molecule has 1 unspecified atom stereocenters. The third-order valence-corrected chi connectivity index (χ3v) is 3.41. The molecular formula is C14H25NO4. The summed E-state index contributed by atoms with van der Waals surface area (Å²) in [5.41, 5.74) is 0. The number of carbonyl (C=O) groups excluding carboxylic acids is 2. The number of esters is 1. The lowest BCUT2D eigenvalue weighted by molar-refractivity contribution is -0.149. The molecule has 1 fully saturated rings. The monoisotopic (exact) mass is 271 g/mol. The number of amides is 1. The van der Waals surface area contributed by atoms with Gasteiger partial charge in [0.25, 0.3) is 0 Å². The Kier molecular flexibility index (Phi) is 6.28. The number of carbonyl (C=O) groups is 2. The van der Waals surface area contributed by atoms with Gasteiger partial charge in [-0.3, -0.25) is 9.59 Å². The van der Waals surface area contributed by atoms with E-state index in [9.17, 15) is 9.59 Å². The van der Waals surface area contributed by atoms with Crippen molar-refractivity contribution in [2.24, 2.45) is 5.92 Å². The molecule has 19 heavy (non-hydrogen) atoms. The first-order valence-electron chi connectivity index (χ1n) is 6.97. The van der Waals surface area contributed by atoms with E-state index in [0.717, 1.165) is 25.7 Å². The molecule has 1 atom stereocenters. The number of hydrogen-bond acceptors (Lipinski definition) is 4. The fourth-order valence-corrected chi connectivity index (χ4v) is 2.35. The Bertz CT molecular complexity index is 309. The average molecular weight is 271 g/mol. The van der Waals surface area contributed by atoms with Crippen molar-refractivity contribution < 1.29 is 19.1 Å². The van der Waals surface area contributed by atoms with Gasteiger partial charge in [0.1, 0.15) is 6.10 Å². The van der Waals surface area contributed by atoms with Gasteiger partial charge in [-0.2, -0.15) is 0 Å². The first kappa shape index (κ1) is 16.0. The summed E-state index contributed by atoms with van der Waals surface area (Å²) in [5, 5.41) is 2.83. The minimum atomic E-state index is -0.443. The Balaban J connectivity index is 2.32. The molecule has 0 heterocycles. The lowest BCUT2D eigenvalue weighted by Gasteiger charge is -2.29. The van der Waals surface area contributed by atoms with Crippen LogP contribution in [0.2, 0.25) is 0 Å². The van der Waals surface area contributed by atoms with E-state index in [0.29, 0.717) is 0 Å². The maximum absolute atomic E-state index is 11.7. The Morgan fingerprint density at radius 2 is 1.68 bits per heavy atom. The summed E-state index contributed by atoms with van der Waals surface area (Å²) in [6.45, 7) is 5.61. The molecule has 1 rings (SSSR count). The van der Waals surface area contributed by atoms with E-state index in [-0.39, 0.29) is 29.9 Å². The zero-order chi connectivity index (χ0) is 14.4. The highest BCUT2D eigenvalue weighted by Crippen LogP contribution is 2.27. The maximum atomic E-state index is 11.7. The molecule has 0 aromatic carbocycles. The summed E-state index contributed by atoms with van der Waals surface area (Å²) >= 11 is 0. The number of nitrogens with one attached hydrogen (secondary N) is 1. The van der Waals surface area contributed by atoms with Crippen LogP contribution in [0, 0.1) is 5.92 Å². The maximum Gasteiger partial charge on any atom is 0.308 e. The molecule has 0 bridgehead atoms. The van der Waals surface area contributed by atoms with Crippen LogP contribution in [-0.4, -0.2) is 37.2 Å². The van der Waals surface area contributed by atoms with Gasteiger partial charge in [0.05, 0.1) is 19.1 Å². The normalized spacial score (nSPS) is 24.9. The van der Waals surface area contributed by atoms with Gasteiger partial charge in [-0.05, 0) is 46.5 Å². The predicted octanol–water partition coefficient (Wildman–Crippen LogP) is 1.65. The minimum absolute atomic E-state index is 0.00959. The molecule has 5 heteroatoms. The molecule has 1 aliphatic carbocycles. The third kappa shape index (κ3) is 5.19. The summed E-state index contributed by atoms with van der Waals surface area (Å²) in [6, 6.07) is 0.119. The summed E-state index contributed by atoms with van der Waals surface area (Å²) in [4.78, 5) is 23.1. The van der Waals surface area contributed by atoms with Crippen molar-refractivity contribution in [1.82, 2.24) is 5.32 Å². The molecule has 110 valence electrons. The standard InChI is InChI=1S/C14H25NO4/c1-9(2)15-13(16)10(3)19-12-7-5-11(6-8-12)14(17)18-4/h9-12H,5-8H2,1-4H3,(H,15,16). The van der Waals surface area contributed by atoms with Crippen molar-refractivity contribution >= 4 is 11.9 Å². The van der Waals surface area contributed by atoms with Crippen LogP contribution in [0.25, 0.3) is 0 Å². The Morgan fingerprint density at radius 1 is 1.11 bits per heavy atom. The lowest BCUT2D eigenvalue weighted by Crippen LogP contribution is -2.41. The van der Waals surface area contributed by atoms with Gasteiger partial charge < -0.3 is 14.8 Å². The highest BCUT2D eigenvalue weighted by molar-refractivity contribution is 5.80. The smallest absolute Gasteiger partial charge is 0.308 e. The summed E-state index contributed by atoms with van der Waals surface area (Å²) in [6.07, 6.45) is 2.78. The largest absolute Gasteiger partial charge is 0.469 e. The van der Waals surface area contributed by atoms with Crippen LogP contribution < -0.4 is 5.32 Å². The van der Waals surface area contributed by atoms with Crippen molar-refractivity contribution in [3.8, 4) is 0 Å². The van der Waals surface area contributed by atoms with Gasteiger partial charge in [-0.25, -0.2) is 0 Å². The van der Waals surface area contributed by atoms with Crippen LogP contribution in [0.15, 0.2) is 0 Å². The molecule has 0 saturated heterocycles. The SMILES string of the molecule is COC(=O)C1CCC(OC(C)C(=O)NC(C)C)CC1. The van der Waals surface area contributed by atoms with E-state index in [1.165, 1.54) is 7.11 Å². The van der Waals surface area contributed by atoms with E-state index < -0.39 is 6.10 Å². The van der Waals surface area contributed by atoms with E-state index >= 15 is 0 Å². The highest BCUT2D eigenvalue weighted by Gasteiger charge is 2.29. The van der Waals surface area contributed by atoms with Gasteiger partial charge in [-0.15, -0.1) is 0 Å². The number of ether oxygens (including phenoxy) is 2. The zero-order valence-corrected chi connectivity index (χ0v) is 12.3. The second-order valence-corrected chi connectivity index (χ2v) is 5.44. The van der Waals surface area contributed by atoms with Crippen LogP contribution in [0.1, 0.15) is 46.5 Å². The van der Waals surface area contributed by atoms with Gasteiger partial charge in [0.15, 0.2) is 0 Å². The van der Waals surface area contributed by atoms with Gasteiger partial charge in [0, 0.05) is 6.04 Å². The Hall–Kier alpha value is -1.10. The zero-order valence-electron chi connectivity index (χ0n) is 12.3. The first-order valence-corrected chi connectivity index (χ1v) is 6.97. The molecule has 1 amide bonds. The highest BCUT2D eigenvalue weighted by atomic mass is 16.5. The van der Waals surface area contributed by atoms with Crippen LogP contribution in [-0.2, 0) is 19.1 Å². The van der Waals surface area contributed by atoms with E-state index in [1.807, 2.05) is 13.8 Å². The molecule has 5 nitrogen and oxygen atoms in total. The van der Waals surface area contributed by atoms with Crippen LogP contribution in [0.5, 0.6) is 0 Å². The van der Waals surface area contributed by atoms with Crippen molar-refractivity contribution in [2.45, 2.75) is 64.7 Å². The molecule has 0 spiro atoms. The molecule has 0 aromatic rings. The fraction of sp³-hybridized carbons (Fsp3) is 0.857. The second-order valence-electron chi connectivity index (χ2n) is 5.44. The van der Waals surface area contributed by atoms with Crippen LogP contribution >= 0.6 is 0 Å². The number of hydrogen-bond donors (Lipinski definition) is 1. The molecule has 0 aromatic heterocycles.